The first-order valence-corrected chi connectivity index (χ1v) is 9.00. The van der Waals surface area contributed by atoms with E-state index in [1.54, 1.807) is 7.05 Å². The summed E-state index contributed by atoms with van der Waals surface area (Å²) in [5.41, 5.74) is 0. The van der Waals surface area contributed by atoms with E-state index in [9.17, 15) is 0 Å². The van der Waals surface area contributed by atoms with Gasteiger partial charge in [-0.05, 0) is 70.1 Å². The van der Waals surface area contributed by atoms with Crippen LogP contribution in [0.15, 0.2) is 29.3 Å². The maximum Gasteiger partial charge on any atom is 0.191 e. The summed E-state index contributed by atoms with van der Waals surface area (Å²) in [5.74, 6) is 2.38. The molecule has 1 saturated heterocycles. The Balaban J connectivity index is 0.00000312. The highest BCUT2D eigenvalue weighted by Crippen LogP contribution is 2.16. The Kier molecular flexibility index (Phi) is 10.5. The standard InChI is InChI=1S/C18H29ClN4O.HI/c1-14(24-17-6-4-16(19)5-7-17)12-21-18(20-2)22-13-15-8-10-23(3)11-9-15;/h4-7,14-15H,8-13H2,1-3H3,(H2,20,21,22);1H. The van der Waals surface area contributed by atoms with E-state index < -0.39 is 0 Å². The highest BCUT2D eigenvalue weighted by molar-refractivity contribution is 14.0. The number of piperidine rings is 1. The van der Waals surface area contributed by atoms with Crippen LogP contribution in [0.2, 0.25) is 5.02 Å². The molecule has 1 aromatic carbocycles. The van der Waals surface area contributed by atoms with Crippen LogP contribution in [-0.2, 0) is 0 Å². The molecule has 7 heteroatoms. The maximum atomic E-state index is 5.88. The van der Waals surface area contributed by atoms with Crippen molar-refractivity contribution in [1.82, 2.24) is 15.5 Å². The molecule has 0 amide bonds. The third-order valence-electron chi connectivity index (χ3n) is 4.33. The predicted octanol–water partition coefficient (Wildman–Crippen LogP) is 3.23. The number of aliphatic imine (C=N–C) groups is 1. The Hall–Kier alpha value is -0.730. The fourth-order valence-corrected chi connectivity index (χ4v) is 2.88. The van der Waals surface area contributed by atoms with Crippen LogP contribution in [0.4, 0.5) is 0 Å². The minimum atomic E-state index is 0. The SMILES string of the molecule is CN=C(NCC1CCN(C)CC1)NCC(C)Oc1ccc(Cl)cc1.I. The van der Waals surface area contributed by atoms with Crippen LogP contribution >= 0.6 is 35.6 Å². The Bertz CT molecular complexity index is 518. The van der Waals surface area contributed by atoms with Gasteiger partial charge in [0.05, 0.1) is 6.54 Å². The molecule has 0 aliphatic carbocycles. The molecule has 1 atom stereocenters. The molecule has 0 bridgehead atoms. The third-order valence-corrected chi connectivity index (χ3v) is 4.58. The lowest BCUT2D eigenvalue weighted by molar-refractivity contribution is 0.218. The van der Waals surface area contributed by atoms with Crippen LogP contribution in [0.25, 0.3) is 0 Å². The number of hydrogen-bond acceptors (Lipinski definition) is 3. The van der Waals surface area contributed by atoms with Crippen LogP contribution in [-0.4, -0.2) is 57.2 Å². The van der Waals surface area contributed by atoms with Crippen molar-refractivity contribution in [2.45, 2.75) is 25.9 Å². The number of nitrogens with zero attached hydrogens (tertiary/aromatic N) is 2. The van der Waals surface area contributed by atoms with Crippen LogP contribution < -0.4 is 15.4 Å². The number of nitrogens with one attached hydrogen (secondary N) is 2. The summed E-state index contributed by atoms with van der Waals surface area (Å²) < 4.78 is 5.86. The van der Waals surface area contributed by atoms with Crippen molar-refractivity contribution in [2.24, 2.45) is 10.9 Å². The molecular weight excluding hydrogens is 451 g/mol. The number of benzene rings is 1. The molecule has 1 unspecified atom stereocenters. The second kappa shape index (κ2) is 11.8. The van der Waals surface area contributed by atoms with E-state index in [1.807, 2.05) is 31.2 Å². The summed E-state index contributed by atoms with van der Waals surface area (Å²) in [5, 5.41) is 7.47. The van der Waals surface area contributed by atoms with E-state index in [0.717, 1.165) is 24.2 Å². The van der Waals surface area contributed by atoms with E-state index in [0.29, 0.717) is 11.6 Å². The third kappa shape index (κ3) is 8.46. The fourth-order valence-electron chi connectivity index (χ4n) is 2.76. The summed E-state index contributed by atoms with van der Waals surface area (Å²) in [6.45, 7) is 6.07. The maximum absolute atomic E-state index is 5.88. The molecule has 0 saturated carbocycles. The van der Waals surface area contributed by atoms with Crippen molar-refractivity contribution in [3.05, 3.63) is 29.3 Å². The van der Waals surface area contributed by atoms with Gasteiger partial charge in [-0.25, -0.2) is 0 Å². The average molecular weight is 481 g/mol. The first kappa shape index (κ1) is 22.3. The summed E-state index contributed by atoms with van der Waals surface area (Å²) in [6, 6.07) is 7.43. The lowest BCUT2D eigenvalue weighted by atomic mass is 9.97. The Morgan fingerprint density at radius 1 is 1.28 bits per heavy atom. The summed E-state index contributed by atoms with van der Waals surface area (Å²) >= 11 is 5.88. The molecule has 1 aliphatic rings. The minimum Gasteiger partial charge on any atom is -0.489 e. The van der Waals surface area contributed by atoms with Gasteiger partial charge in [0.2, 0.25) is 0 Å². The average Bonchev–Trinajstić information content (AvgIpc) is 2.58. The molecule has 2 N–H and O–H groups in total. The molecular formula is C18H30ClIN4O. The number of likely N-dealkylation sites (tertiary alicyclic amines) is 1. The molecule has 1 aliphatic heterocycles. The van der Waals surface area contributed by atoms with Gasteiger partial charge in [-0.2, -0.15) is 0 Å². The van der Waals surface area contributed by atoms with Crippen molar-refractivity contribution in [2.75, 3.05) is 40.3 Å². The Labute approximate surface area is 173 Å². The van der Waals surface area contributed by atoms with Crippen LogP contribution in [0.3, 0.4) is 0 Å². The number of ether oxygens (including phenoxy) is 1. The Morgan fingerprint density at radius 2 is 1.92 bits per heavy atom. The van der Waals surface area contributed by atoms with Crippen LogP contribution in [0.1, 0.15) is 19.8 Å². The van der Waals surface area contributed by atoms with E-state index in [2.05, 4.69) is 27.6 Å². The molecule has 142 valence electrons. The van der Waals surface area contributed by atoms with Crippen molar-refractivity contribution in [3.63, 3.8) is 0 Å². The summed E-state index contributed by atoms with van der Waals surface area (Å²) in [6.07, 6.45) is 2.53. The molecule has 2 rings (SSSR count). The van der Waals surface area contributed by atoms with Gasteiger partial charge in [-0.3, -0.25) is 4.99 Å². The number of hydrogen-bond donors (Lipinski definition) is 2. The van der Waals surface area contributed by atoms with Gasteiger partial charge in [-0.15, -0.1) is 24.0 Å². The van der Waals surface area contributed by atoms with Gasteiger partial charge in [0.1, 0.15) is 11.9 Å². The first-order valence-electron chi connectivity index (χ1n) is 8.62. The molecule has 1 heterocycles. The molecule has 0 spiro atoms. The summed E-state index contributed by atoms with van der Waals surface area (Å²) in [7, 11) is 3.99. The fraction of sp³-hybridized carbons (Fsp3) is 0.611. The zero-order valence-electron chi connectivity index (χ0n) is 15.3. The normalized spacial score (nSPS) is 17.5. The number of rotatable bonds is 6. The first-order chi connectivity index (χ1) is 11.6. The molecule has 25 heavy (non-hydrogen) atoms. The van der Waals surface area contributed by atoms with Crippen molar-refractivity contribution < 1.29 is 4.74 Å². The van der Waals surface area contributed by atoms with E-state index in [4.69, 9.17) is 16.3 Å². The molecule has 0 aromatic heterocycles. The highest BCUT2D eigenvalue weighted by atomic mass is 127. The van der Waals surface area contributed by atoms with Gasteiger partial charge < -0.3 is 20.3 Å². The molecule has 0 radical (unpaired) electrons. The van der Waals surface area contributed by atoms with Gasteiger partial charge in [0, 0.05) is 18.6 Å². The van der Waals surface area contributed by atoms with Gasteiger partial charge in [0.15, 0.2) is 5.96 Å². The zero-order chi connectivity index (χ0) is 17.4. The lowest BCUT2D eigenvalue weighted by Gasteiger charge is -2.29. The topological polar surface area (TPSA) is 48.9 Å². The molecule has 1 fully saturated rings. The van der Waals surface area contributed by atoms with E-state index >= 15 is 0 Å². The smallest absolute Gasteiger partial charge is 0.191 e. The second-order valence-corrected chi connectivity index (χ2v) is 6.90. The zero-order valence-corrected chi connectivity index (χ0v) is 18.4. The number of halogens is 2. The van der Waals surface area contributed by atoms with E-state index in [1.165, 1.54) is 25.9 Å². The van der Waals surface area contributed by atoms with Crippen LogP contribution in [0.5, 0.6) is 5.75 Å². The van der Waals surface area contributed by atoms with Crippen molar-refractivity contribution in [1.29, 1.82) is 0 Å². The van der Waals surface area contributed by atoms with Gasteiger partial charge in [0.25, 0.3) is 0 Å². The van der Waals surface area contributed by atoms with Crippen molar-refractivity contribution >= 4 is 41.5 Å². The van der Waals surface area contributed by atoms with Crippen LogP contribution in [0, 0.1) is 5.92 Å². The summed E-state index contributed by atoms with van der Waals surface area (Å²) in [4.78, 5) is 6.68. The monoisotopic (exact) mass is 480 g/mol. The molecule has 1 aromatic rings. The van der Waals surface area contributed by atoms with Gasteiger partial charge in [-0.1, -0.05) is 11.6 Å². The predicted molar refractivity (Wildman–Crippen MR) is 117 cm³/mol. The highest BCUT2D eigenvalue weighted by Gasteiger charge is 2.16. The minimum absolute atomic E-state index is 0. The number of guanidine groups is 1. The van der Waals surface area contributed by atoms with Crippen molar-refractivity contribution in [3.8, 4) is 5.75 Å². The van der Waals surface area contributed by atoms with Gasteiger partial charge >= 0.3 is 0 Å². The largest absolute Gasteiger partial charge is 0.489 e. The second-order valence-electron chi connectivity index (χ2n) is 6.46. The van der Waals surface area contributed by atoms with E-state index in [-0.39, 0.29) is 30.1 Å². The Morgan fingerprint density at radius 3 is 2.52 bits per heavy atom. The molecule has 5 nitrogen and oxygen atoms in total. The quantitative estimate of drug-likeness (QED) is 0.373. The lowest BCUT2D eigenvalue weighted by Crippen LogP contribution is -2.44.